The van der Waals surface area contributed by atoms with Crippen LogP contribution in [0.3, 0.4) is 0 Å². The van der Waals surface area contributed by atoms with Gasteiger partial charge < -0.3 is 4.90 Å². The first-order valence-corrected chi connectivity index (χ1v) is 7.83. The first kappa shape index (κ1) is 13.8. The summed E-state index contributed by atoms with van der Waals surface area (Å²) < 4.78 is 0. The molecule has 2 rings (SSSR count). The minimum atomic E-state index is 0.251. The third-order valence-electron chi connectivity index (χ3n) is 3.26. The molecule has 1 aliphatic heterocycles. The highest BCUT2D eigenvalue weighted by Crippen LogP contribution is 2.22. The van der Waals surface area contributed by atoms with E-state index in [1.165, 1.54) is 0 Å². The monoisotopic (exact) mass is 283 g/mol. The predicted octanol–water partition coefficient (Wildman–Crippen LogP) is 3.26. The van der Waals surface area contributed by atoms with Crippen LogP contribution in [0.4, 0.5) is 0 Å². The molecule has 1 heterocycles. The summed E-state index contributed by atoms with van der Waals surface area (Å²) in [6.45, 7) is 1.79. The minimum absolute atomic E-state index is 0.251. The number of halogens is 1. The van der Waals surface area contributed by atoms with E-state index in [4.69, 9.17) is 11.6 Å². The zero-order valence-corrected chi connectivity index (χ0v) is 11.9. The molecular formula is C14H18ClNOS. The molecule has 0 saturated carbocycles. The van der Waals surface area contributed by atoms with Crippen molar-refractivity contribution < 1.29 is 4.79 Å². The number of thioether (sulfide) groups is 1. The molecule has 2 nitrogen and oxygen atoms in total. The summed E-state index contributed by atoms with van der Waals surface area (Å²) in [5.74, 6) is 2.09. The van der Waals surface area contributed by atoms with Crippen LogP contribution in [0.25, 0.3) is 0 Å². The van der Waals surface area contributed by atoms with E-state index in [0.717, 1.165) is 30.8 Å². The smallest absolute Gasteiger partial charge is 0.232 e. The number of rotatable bonds is 5. The van der Waals surface area contributed by atoms with Crippen LogP contribution in [0, 0.1) is 5.92 Å². The van der Waals surface area contributed by atoms with Gasteiger partial charge in [-0.05, 0) is 30.9 Å². The Morgan fingerprint density at radius 3 is 2.89 bits per heavy atom. The first-order valence-electron chi connectivity index (χ1n) is 6.31. The van der Waals surface area contributed by atoms with Crippen molar-refractivity contribution in [3.8, 4) is 0 Å². The molecule has 0 spiro atoms. The summed E-state index contributed by atoms with van der Waals surface area (Å²) in [4.78, 5) is 15.2. The van der Waals surface area contributed by atoms with E-state index in [-0.39, 0.29) is 5.91 Å². The molecule has 0 N–H and O–H groups in total. The lowest BCUT2D eigenvalue weighted by molar-refractivity contribution is -0.127. The molecule has 4 heteroatoms. The van der Waals surface area contributed by atoms with Crippen LogP contribution >= 0.6 is 23.4 Å². The number of carbonyl (C=O) groups is 1. The van der Waals surface area contributed by atoms with E-state index < -0.39 is 0 Å². The van der Waals surface area contributed by atoms with E-state index in [1.807, 2.05) is 35.2 Å². The molecule has 1 amide bonds. The molecule has 1 saturated heterocycles. The average Bonchev–Trinajstić information content (AvgIpc) is 2.86. The third kappa shape index (κ3) is 3.92. The van der Waals surface area contributed by atoms with Crippen LogP contribution in [0.1, 0.15) is 12.8 Å². The molecule has 98 valence electrons. The highest BCUT2D eigenvalue weighted by molar-refractivity contribution is 8.00. The van der Waals surface area contributed by atoms with Crippen LogP contribution in [-0.4, -0.2) is 35.5 Å². The van der Waals surface area contributed by atoms with Gasteiger partial charge in [0.2, 0.25) is 5.91 Å². The molecule has 0 bridgehead atoms. The normalized spacial score (nSPS) is 19.2. The van der Waals surface area contributed by atoms with Gasteiger partial charge in [-0.25, -0.2) is 0 Å². The van der Waals surface area contributed by atoms with Crippen molar-refractivity contribution in [3.63, 3.8) is 0 Å². The highest BCUT2D eigenvalue weighted by Gasteiger charge is 2.25. The molecule has 1 aromatic rings. The molecule has 1 atom stereocenters. The Bertz CT molecular complexity index is 385. The topological polar surface area (TPSA) is 20.3 Å². The molecule has 0 aromatic heterocycles. The molecule has 1 unspecified atom stereocenters. The number of carbonyl (C=O) groups excluding carboxylic acids is 1. The standard InChI is InChI=1S/C14H18ClNOS/c15-8-6-12-7-9-16(10-12)14(17)11-18-13-4-2-1-3-5-13/h1-5,12H,6-11H2. The first-order chi connectivity index (χ1) is 8.79. The van der Waals surface area contributed by atoms with Gasteiger partial charge >= 0.3 is 0 Å². The molecule has 1 aromatic carbocycles. The summed E-state index contributed by atoms with van der Waals surface area (Å²) in [7, 11) is 0. The largest absolute Gasteiger partial charge is 0.342 e. The minimum Gasteiger partial charge on any atom is -0.342 e. The second-order valence-corrected chi connectivity index (χ2v) is 6.00. The second kappa shape index (κ2) is 7.05. The Morgan fingerprint density at radius 2 is 2.17 bits per heavy atom. The van der Waals surface area contributed by atoms with Crippen LogP contribution in [-0.2, 0) is 4.79 Å². The molecule has 1 aliphatic rings. The summed E-state index contributed by atoms with van der Waals surface area (Å²) in [6, 6.07) is 10.1. The summed E-state index contributed by atoms with van der Waals surface area (Å²) in [5, 5.41) is 0. The number of likely N-dealkylation sites (tertiary alicyclic amines) is 1. The van der Waals surface area contributed by atoms with Gasteiger partial charge in [0.15, 0.2) is 0 Å². The van der Waals surface area contributed by atoms with Crippen molar-refractivity contribution in [2.45, 2.75) is 17.7 Å². The Balaban J connectivity index is 1.76. The summed E-state index contributed by atoms with van der Waals surface area (Å²) >= 11 is 7.36. The zero-order chi connectivity index (χ0) is 12.8. The fraction of sp³-hybridized carbons (Fsp3) is 0.500. The van der Waals surface area contributed by atoms with Crippen molar-refractivity contribution in [3.05, 3.63) is 30.3 Å². The second-order valence-electron chi connectivity index (χ2n) is 4.57. The Labute approximate surface area is 118 Å². The van der Waals surface area contributed by atoms with Crippen LogP contribution < -0.4 is 0 Å². The zero-order valence-electron chi connectivity index (χ0n) is 10.3. The molecule has 0 radical (unpaired) electrons. The van der Waals surface area contributed by atoms with Gasteiger partial charge in [-0.2, -0.15) is 0 Å². The van der Waals surface area contributed by atoms with Crippen molar-refractivity contribution >= 4 is 29.3 Å². The molecule has 0 aliphatic carbocycles. The number of hydrogen-bond acceptors (Lipinski definition) is 2. The van der Waals surface area contributed by atoms with E-state index in [1.54, 1.807) is 11.8 Å². The van der Waals surface area contributed by atoms with E-state index in [9.17, 15) is 4.79 Å². The lowest BCUT2D eigenvalue weighted by atomic mass is 10.1. The molecular weight excluding hydrogens is 266 g/mol. The summed E-state index contributed by atoms with van der Waals surface area (Å²) in [5.41, 5.74) is 0. The van der Waals surface area contributed by atoms with Gasteiger partial charge in [-0.15, -0.1) is 23.4 Å². The predicted molar refractivity (Wildman–Crippen MR) is 77.2 cm³/mol. The maximum Gasteiger partial charge on any atom is 0.232 e. The van der Waals surface area contributed by atoms with Gasteiger partial charge in [-0.3, -0.25) is 4.79 Å². The van der Waals surface area contributed by atoms with Gasteiger partial charge in [0.1, 0.15) is 0 Å². The Hall–Kier alpha value is -0.670. The summed E-state index contributed by atoms with van der Waals surface area (Å²) in [6.07, 6.45) is 2.13. The highest BCUT2D eigenvalue weighted by atomic mass is 35.5. The van der Waals surface area contributed by atoms with Crippen molar-refractivity contribution in [1.29, 1.82) is 0 Å². The van der Waals surface area contributed by atoms with Crippen LogP contribution in [0.2, 0.25) is 0 Å². The van der Waals surface area contributed by atoms with Crippen molar-refractivity contribution in [2.75, 3.05) is 24.7 Å². The van der Waals surface area contributed by atoms with Crippen molar-refractivity contribution in [2.24, 2.45) is 5.92 Å². The number of hydrogen-bond donors (Lipinski definition) is 0. The maximum absolute atomic E-state index is 12.0. The molecule has 1 fully saturated rings. The van der Waals surface area contributed by atoms with Crippen LogP contribution in [0.15, 0.2) is 35.2 Å². The van der Waals surface area contributed by atoms with E-state index in [0.29, 0.717) is 17.6 Å². The van der Waals surface area contributed by atoms with Crippen molar-refractivity contribution in [1.82, 2.24) is 4.90 Å². The molecule has 18 heavy (non-hydrogen) atoms. The quantitative estimate of drug-likeness (QED) is 0.611. The number of nitrogens with zero attached hydrogens (tertiary/aromatic N) is 1. The average molecular weight is 284 g/mol. The van der Waals surface area contributed by atoms with E-state index >= 15 is 0 Å². The fourth-order valence-corrected chi connectivity index (χ4v) is 3.33. The van der Waals surface area contributed by atoms with Gasteiger partial charge in [-0.1, -0.05) is 18.2 Å². The van der Waals surface area contributed by atoms with Gasteiger partial charge in [0.05, 0.1) is 5.75 Å². The lowest BCUT2D eigenvalue weighted by Gasteiger charge is -2.16. The van der Waals surface area contributed by atoms with Crippen LogP contribution in [0.5, 0.6) is 0 Å². The number of benzene rings is 1. The fourth-order valence-electron chi connectivity index (χ4n) is 2.20. The number of amides is 1. The Morgan fingerprint density at radius 1 is 1.39 bits per heavy atom. The van der Waals surface area contributed by atoms with E-state index in [2.05, 4.69) is 0 Å². The lowest BCUT2D eigenvalue weighted by Crippen LogP contribution is -2.30. The Kier molecular flexibility index (Phi) is 5.39. The third-order valence-corrected chi connectivity index (χ3v) is 4.48. The van der Waals surface area contributed by atoms with Gasteiger partial charge in [0, 0.05) is 23.9 Å². The SMILES string of the molecule is O=C(CSc1ccccc1)N1CCC(CCCl)C1. The maximum atomic E-state index is 12.0. The van der Waals surface area contributed by atoms with Gasteiger partial charge in [0.25, 0.3) is 0 Å². The number of alkyl halides is 1.